The summed E-state index contributed by atoms with van der Waals surface area (Å²) in [7, 11) is 0. The summed E-state index contributed by atoms with van der Waals surface area (Å²) in [6.45, 7) is 5.99. The quantitative estimate of drug-likeness (QED) is 0.659. The molecular formula is C15H24O4. The molecule has 0 spiro atoms. The summed E-state index contributed by atoms with van der Waals surface area (Å²) in [4.78, 5) is 0. The minimum atomic E-state index is -0.0266. The van der Waals surface area contributed by atoms with Crippen LogP contribution in [0.4, 0.5) is 0 Å². The van der Waals surface area contributed by atoms with Crippen molar-refractivity contribution in [2.75, 3.05) is 26.4 Å². The number of rotatable bonds is 10. The Balaban J connectivity index is 2.04. The standard InChI is InChI=1S/C15H24O4/c1-13(18-9-8-16)14(2)19-11-10-17-12-15-6-4-3-5-7-15/h3-7,13-14,16H,8-12H2,1-2H3. The van der Waals surface area contributed by atoms with Crippen LogP contribution in [0.15, 0.2) is 30.3 Å². The Morgan fingerprint density at radius 2 is 1.58 bits per heavy atom. The summed E-state index contributed by atoms with van der Waals surface area (Å²) >= 11 is 0. The van der Waals surface area contributed by atoms with E-state index >= 15 is 0 Å². The second-order valence-corrected chi connectivity index (χ2v) is 4.41. The number of aliphatic hydroxyl groups excluding tert-OH is 1. The summed E-state index contributed by atoms with van der Waals surface area (Å²) in [5.41, 5.74) is 1.16. The van der Waals surface area contributed by atoms with Gasteiger partial charge in [0.15, 0.2) is 0 Å². The van der Waals surface area contributed by atoms with Gasteiger partial charge < -0.3 is 19.3 Å². The summed E-state index contributed by atoms with van der Waals surface area (Å²) in [6, 6.07) is 10.1. The number of benzene rings is 1. The van der Waals surface area contributed by atoms with E-state index < -0.39 is 0 Å². The molecule has 1 aromatic rings. The first-order valence-corrected chi connectivity index (χ1v) is 6.69. The van der Waals surface area contributed by atoms with Gasteiger partial charge in [0, 0.05) is 0 Å². The van der Waals surface area contributed by atoms with Gasteiger partial charge in [0.05, 0.1) is 45.2 Å². The van der Waals surface area contributed by atoms with Crippen molar-refractivity contribution >= 4 is 0 Å². The van der Waals surface area contributed by atoms with E-state index in [0.29, 0.717) is 26.4 Å². The molecule has 2 unspecified atom stereocenters. The molecule has 0 fully saturated rings. The van der Waals surface area contributed by atoms with Crippen molar-refractivity contribution in [2.24, 2.45) is 0 Å². The van der Waals surface area contributed by atoms with E-state index in [2.05, 4.69) is 0 Å². The topological polar surface area (TPSA) is 47.9 Å². The molecule has 0 bridgehead atoms. The van der Waals surface area contributed by atoms with E-state index in [-0.39, 0.29) is 18.8 Å². The van der Waals surface area contributed by atoms with Crippen LogP contribution in [-0.2, 0) is 20.8 Å². The molecule has 1 N–H and O–H groups in total. The van der Waals surface area contributed by atoms with Crippen molar-refractivity contribution in [3.8, 4) is 0 Å². The van der Waals surface area contributed by atoms with Gasteiger partial charge in [0.25, 0.3) is 0 Å². The Morgan fingerprint density at radius 3 is 2.21 bits per heavy atom. The molecule has 1 rings (SSSR count). The maximum atomic E-state index is 8.67. The van der Waals surface area contributed by atoms with Gasteiger partial charge in [-0.15, -0.1) is 0 Å². The molecule has 4 nitrogen and oxygen atoms in total. The Hall–Kier alpha value is -0.940. The predicted molar refractivity (Wildman–Crippen MR) is 74.0 cm³/mol. The van der Waals surface area contributed by atoms with Crippen molar-refractivity contribution in [3.05, 3.63) is 35.9 Å². The third-order valence-electron chi connectivity index (χ3n) is 2.85. The summed E-state index contributed by atoms with van der Waals surface area (Å²) < 4.78 is 16.5. The molecule has 1 aromatic carbocycles. The highest BCUT2D eigenvalue weighted by Crippen LogP contribution is 2.04. The maximum absolute atomic E-state index is 8.67. The Bertz CT molecular complexity index is 315. The lowest BCUT2D eigenvalue weighted by atomic mass is 10.2. The van der Waals surface area contributed by atoms with Crippen LogP contribution in [0.1, 0.15) is 19.4 Å². The zero-order chi connectivity index (χ0) is 13.9. The third kappa shape index (κ3) is 7.28. The summed E-state index contributed by atoms with van der Waals surface area (Å²) in [5, 5.41) is 8.67. The Labute approximate surface area is 115 Å². The predicted octanol–water partition coefficient (Wildman–Crippen LogP) is 2.01. The highest BCUT2D eigenvalue weighted by Gasteiger charge is 2.12. The van der Waals surface area contributed by atoms with Crippen LogP contribution in [0.3, 0.4) is 0 Å². The lowest BCUT2D eigenvalue weighted by Crippen LogP contribution is -2.28. The highest BCUT2D eigenvalue weighted by atomic mass is 16.6. The Kier molecular flexibility index (Phi) is 8.41. The third-order valence-corrected chi connectivity index (χ3v) is 2.85. The molecule has 2 atom stereocenters. The number of ether oxygens (including phenoxy) is 3. The molecule has 0 aromatic heterocycles. The van der Waals surface area contributed by atoms with E-state index in [9.17, 15) is 0 Å². The van der Waals surface area contributed by atoms with Crippen LogP contribution in [-0.4, -0.2) is 43.7 Å². The van der Waals surface area contributed by atoms with Gasteiger partial charge in [-0.2, -0.15) is 0 Å². The first-order chi connectivity index (χ1) is 9.24. The van der Waals surface area contributed by atoms with E-state index in [4.69, 9.17) is 19.3 Å². The first-order valence-electron chi connectivity index (χ1n) is 6.69. The zero-order valence-electron chi connectivity index (χ0n) is 11.7. The van der Waals surface area contributed by atoms with Crippen LogP contribution in [0, 0.1) is 0 Å². The van der Waals surface area contributed by atoms with Gasteiger partial charge in [0.2, 0.25) is 0 Å². The monoisotopic (exact) mass is 268 g/mol. The molecule has 0 amide bonds. The van der Waals surface area contributed by atoms with Crippen molar-refractivity contribution in [2.45, 2.75) is 32.7 Å². The summed E-state index contributed by atoms with van der Waals surface area (Å²) in [6.07, 6.45) is -0.0341. The highest BCUT2D eigenvalue weighted by molar-refractivity contribution is 5.13. The van der Waals surface area contributed by atoms with E-state index in [1.807, 2.05) is 44.2 Å². The van der Waals surface area contributed by atoms with E-state index in [0.717, 1.165) is 5.56 Å². The first kappa shape index (κ1) is 16.1. The molecule has 19 heavy (non-hydrogen) atoms. The fourth-order valence-corrected chi connectivity index (χ4v) is 1.57. The van der Waals surface area contributed by atoms with Crippen molar-refractivity contribution in [1.82, 2.24) is 0 Å². The summed E-state index contributed by atoms with van der Waals surface area (Å²) in [5.74, 6) is 0. The van der Waals surface area contributed by atoms with Crippen LogP contribution >= 0.6 is 0 Å². The average Bonchev–Trinajstić information content (AvgIpc) is 2.45. The molecule has 0 heterocycles. The molecule has 0 saturated carbocycles. The molecule has 4 heteroatoms. The minimum Gasteiger partial charge on any atom is -0.394 e. The Morgan fingerprint density at radius 1 is 0.947 bits per heavy atom. The van der Waals surface area contributed by atoms with Gasteiger partial charge in [-0.25, -0.2) is 0 Å². The van der Waals surface area contributed by atoms with Crippen LogP contribution in [0.5, 0.6) is 0 Å². The smallest absolute Gasteiger partial charge is 0.0807 e. The fourth-order valence-electron chi connectivity index (χ4n) is 1.57. The van der Waals surface area contributed by atoms with Gasteiger partial charge >= 0.3 is 0 Å². The average molecular weight is 268 g/mol. The molecule has 0 aliphatic carbocycles. The lowest BCUT2D eigenvalue weighted by molar-refractivity contribution is -0.0757. The van der Waals surface area contributed by atoms with Gasteiger partial charge in [0.1, 0.15) is 0 Å². The largest absolute Gasteiger partial charge is 0.394 e. The van der Waals surface area contributed by atoms with Gasteiger partial charge in [-0.3, -0.25) is 0 Å². The molecular weight excluding hydrogens is 244 g/mol. The SMILES string of the molecule is CC(OCCO)C(C)OCCOCc1ccccc1. The van der Waals surface area contributed by atoms with Crippen LogP contribution in [0.25, 0.3) is 0 Å². The zero-order valence-corrected chi connectivity index (χ0v) is 11.7. The fraction of sp³-hybridized carbons (Fsp3) is 0.600. The minimum absolute atomic E-state index is 0.00752. The van der Waals surface area contributed by atoms with Crippen molar-refractivity contribution in [3.63, 3.8) is 0 Å². The van der Waals surface area contributed by atoms with Crippen LogP contribution in [0.2, 0.25) is 0 Å². The second-order valence-electron chi connectivity index (χ2n) is 4.41. The number of aliphatic hydroxyl groups is 1. The number of hydrogen-bond donors (Lipinski definition) is 1. The lowest BCUT2D eigenvalue weighted by Gasteiger charge is -2.20. The normalized spacial score (nSPS) is 14.3. The van der Waals surface area contributed by atoms with Gasteiger partial charge in [-0.05, 0) is 19.4 Å². The molecule has 0 radical (unpaired) electrons. The molecule has 0 aliphatic rings. The van der Waals surface area contributed by atoms with Gasteiger partial charge in [-0.1, -0.05) is 30.3 Å². The van der Waals surface area contributed by atoms with Crippen molar-refractivity contribution in [1.29, 1.82) is 0 Å². The second kappa shape index (κ2) is 9.92. The maximum Gasteiger partial charge on any atom is 0.0807 e. The molecule has 108 valence electrons. The van der Waals surface area contributed by atoms with E-state index in [1.54, 1.807) is 0 Å². The van der Waals surface area contributed by atoms with Crippen LogP contribution < -0.4 is 0 Å². The molecule has 0 saturated heterocycles. The van der Waals surface area contributed by atoms with E-state index in [1.165, 1.54) is 0 Å². The van der Waals surface area contributed by atoms with Crippen molar-refractivity contribution < 1.29 is 19.3 Å². The molecule has 0 aliphatic heterocycles. The number of hydrogen-bond acceptors (Lipinski definition) is 4.